The van der Waals surface area contributed by atoms with E-state index < -0.39 is 0 Å². The molecule has 2 N–H and O–H groups in total. The number of nitrogens with one attached hydrogen (secondary N) is 2. The fourth-order valence-corrected chi connectivity index (χ4v) is 1.47. The van der Waals surface area contributed by atoms with Gasteiger partial charge >= 0.3 is 0 Å². The monoisotopic (exact) mass is 258 g/mol. The first-order chi connectivity index (χ1) is 9.22. The second-order valence-electron chi connectivity index (χ2n) is 3.70. The van der Waals surface area contributed by atoms with Gasteiger partial charge in [-0.25, -0.2) is 9.97 Å². The first-order valence-corrected chi connectivity index (χ1v) is 5.69. The zero-order valence-corrected chi connectivity index (χ0v) is 10.7. The summed E-state index contributed by atoms with van der Waals surface area (Å²) in [4.78, 5) is 20.1. The number of pyridine rings is 2. The van der Waals surface area contributed by atoms with Crippen molar-refractivity contribution in [2.24, 2.45) is 0 Å². The number of hydrogen-bond donors (Lipinski definition) is 2. The van der Waals surface area contributed by atoms with Crippen molar-refractivity contribution in [3.63, 3.8) is 0 Å². The molecule has 2 aromatic rings. The van der Waals surface area contributed by atoms with E-state index >= 15 is 0 Å². The molecule has 0 aliphatic heterocycles. The quantitative estimate of drug-likeness (QED) is 0.874. The molecule has 0 aliphatic carbocycles. The van der Waals surface area contributed by atoms with Crippen LogP contribution < -0.4 is 15.4 Å². The van der Waals surface area contributed by atoms with Crippen LogP contribution in [0.2, 0.25) is 0 Å². The van der Waals surface area contributed by atoms with Gasteiger partial charge in [0.1, 0.15) is 11.5 Å². The Balaban J connectivity index is 2.11. The van der Waals surface area contributed by atoms with Gasteiger partial charge in [0, 0.05) is 13.1 Å². The van der Waals surface area contributed by atoms with E-state index in [1.54, 1.807) is 37.4 Å². The third kappa shape index (κ3) is 3.19. The van der Waals surface area contributed by atoms with Crippen molar-refractivity contribution in [2.75, 3.05) is 24.8 Å². The molecule has 0 fully saturated rings. The highest BCUT2D eigenvalue weighted by atomic mass is 16.5. The maximum Gasteiger partial charge on any atom is 0.274 e. The van der Waals surface area contributed by atoms with Crippen LogP contribution in [0.3, 0.4) is 0 Å². The third-order valence-corrected chi connectivity index (χ3v) is 2.44. The number of anilines is 2. The molecule has 0 radical (unpaired) electrons. The summed E-state index contributed by atoms with van der Waals surface area (Å²) in [6.45, 7) is 0. The van der Waals surface area contributed by atoms with Crippen molar-refractivity contribution in [3.8, 4) is 5.88 Å². The lowest BCUT2D eigenvalue weighted by molar-refractivity contribution is 0.102. The summed E-state index contributed by atoms with van der Waals surface area (Å²) in [5.41, 5.74) is 0.921. The van der Waals surface area contributed by atoms with Gasteiger partial charge in [-0.05, 0) is 18.2 Å². The molecule has 2 aromatic heterocycles. The minimum Gasteiger partial charge on any atom is -0.481 e. The number of carbonyl (C=O) groups excluding carboxylic acids is 1. The van der Waals surface area contributed by atoms with Crippen molar-refractivity contribution in [3.05, 3.63) is 42.2 Å². The highest BCUT2D eigenvalue weighted by molar-refractivity contribution is 6.02. The maximum absolute atomic E-state index is 12.0. The molecule has 0 bridgehead atoms. The van der Waals surface area contributed by atoms with E-state index in [0.717, 1.165) is 0 Å². The van der Waals surface area contributed by atoms with Crippen LogP contribution in [0.4, 0.5) is 11.5 Å². The molecule has 0 atom stereocenters. The van der Waals surface area contributed by atoms with Gasteiger partial charge in [-0.15, -0.1) is 0 Å². The van der Waals surface area contributed by atoms with Crippen molar-refractivity contribution in [1.29, 1.82) is 0 Å². The minimum absolute atomic E-state index is 0.288. The highest BCUT2D eigenvalue weighted by Crippen LogP contribution is 2.12. The molecular formula is C13H14N4O2. The fraction of sp³-hybridized carbons (Fsp3) is 0.154. The number of methoxy groups -OCH3 is 1. The zero-order valence-electron chi connectivity index (χ0n) is 10.7. The first kappa shape index (κ1) is 12.8. The molecule has 6 heteroatoms. The van der Waals surface area contributed by atoms with Gasteiger partial charge in [-0.3, -0.25) is 4.79 Å². The number of amides is 1. The Morgan fingerprint density at radius 1 is 1.26 bits per heavy atom. The summed E-state index contributed by atoms with van der Waals surface area (Å²) in [6, 6.07) is 8.58. The van der Waals surface area contributed by atoms with E-state index in [1.807, 2.05) is 0 Å². The Labute approximate surface area is 110 Å². The van der Waals surface area contributed by atoms with Crippen molar-refractivity contribution in [2.45, 2.75) is 0 Å². The SMILES string of the molecule is CNc1cccc(C(=O)Nc2ccc(OC)nc2)n1. The van der Waals surface area contributed by atoms with E-state index in [0.29, 0.717) is 23.1 Å². The van der Waals surface area contributed by atoms with Crippen LogP contribution in [0.25, 0.3) is 0 Å². The van der Waals surface area contributed by atoms with E-state index in [2.05, 4.69) is 20.6 Å². The van der Waals surface area contributed by atoms with E-state index in [1.165, 1.54) is 13.3 Å². The number of hydrogen-bond acceptors (Lipinski definition) is 5. The average molecular weight is 258 g/mol. The number of aromatic nitrogens is 2. The molecular weight excluding hydrogens is 244 g/mol. The van der Waals surface area contributed by atoms with Crippen LogP contribution in [-0.4, -0.2) is 30.0 Å². The van der Waals surface area contributed by atoms with Crippen LogP contribution >= 0.6 is 0 Å². The van der Waals surface area contributed by atoms with Crippen LogP contribution in [-0.2, 0) is 0 Å². The lowest BCUT2D eigenvalue weighted by Crippen LogP contribution is -2.14. The normalized spacial score (nSPS) is 9.79. The van der Waals surface area contributed by atoms with Gasteiger partial charge in [-0.2, -0.15) is 0 Å². The largest absolute Gasteiger partial charge is 0.481 e. The predicted molar refractivity (Wildman–Crippen MR) is 72.5 cm³/mol. The van der Waals surface area contributed by atoms with Crippen molar-refractivity contribution in [1.82, 2.24) is 9.97 Å². The molecule has 98 valence electrons. The summed E-state index contributed by atoms with van der Waals surface area (Å²) >= 11 is 0. The number of rotatable bonds is 4. The van der Waals surface area contributed by atoms with Gasteiger partial charge in [0.2, 0.25) is 5.88 Å². The van der Waals surface area contributed by atoms with E-state index in [4.69, 9.17) is 4.74 Å². The lowest BCUT2D eigenvalue weighted by Gasteiger charge is -2.06. The zero-order chi connectivity index (χ0) is 13.7. The molecule has 0 saturated heterocycles. The fourth-order valence-electron chi connectivity index (χ4n) is 1.47. The van der Waals surface area contributed by atoms with Gasteiger partial charge in [0.25, 0.3) is 5.91 Å². The summed E-state index contributed by atoms with van der Waals surface area (Å²) < 4.78 is 4.94. The van der Waals surface area contributed by atoms with E-state index in [9.17, 15) is 4.79 Å². The summed E-state index contributed by atoms with van der Waals surface area (Å²) in [5.74, 6) is 0.845. The average Bonchev–Trinajstić information content (AvgIpc) is 2.48. The Hall–Kier alpha value is -2.63. The number of carbonyl (C=O) groups is 1. The summed E-state index contributed by atoms with van der Waals surface area (Å²) in [5, 5.41) is 5.59. The molecule has 0 aliphatic rings. The van der Waals surface area contributed by atoms with Gasteiger partial charge < -0.3 is 15.4 Å². The van der Waals surface area contributed by atoms with Gasteiger partial charge in [0.05, 0.1) is 19.0 Å². The van der Waals surface area contributed by atoms with Gasteiger partial charge in [-0.1, -0.05) is 6.07 Å². The number of nitrogens with zero attached hydrogens (tertiary/aromatic N) is 2. The molecule has 19 heavy (non-hydrogen) atoms. The van der Waals surface area contributed by atoms with Crippen LogP contribution in [0, 0.1) is 0 Å². The first-order valence-electron chi connectivity index (χ1n) is 5.69. The Kier molecular flexibility index (Phi) is 3.92. The standard InChI is InChI=1S/C13H14N4O2/c1-14-11-5-3-4-10(17-11)13(18)16-9-6-7-12(19-2)15-8-9/h3-8H,1-2H3,(H,14,17)(H,16,18). The summed E-state index contributed by atoms with van der Waals surface area (Å²) in [6.07, 6.45) is 1.53. The molecule has 0 unspecified atom stereocenters. The molecule has 0 aromatic carbocycles. The van der Waals surface area contributed by atoms with Crippen LogP contribution in [0.15, 0.2) is 36.5 Å². The second kappa shape index (κ2) is 5.81. The third-order valence-electron chi connectivity index (χ3n) is 2.44. The second-order valence-corrected chi connectivity index (χ2v) is 3.70. The van der Waals surface area contributed by atoms with Gasteiger partial charge in [0.15, 0.2) is 0 Å². The topological polar surface area (TPSA) is 76.1 Å². The molecule has 2 heterocycles. The van der Waals surface area contributed by atoms with Crippen molar-refractivity contribution < 1.29 is 9.53 Å². The molecule has 6 nitrogen and oxygen atoms in total. The van der Waals surface area contributed by atoms with Crippen LogP contribution in [0.1, 0.15) is 10.5 Å². The minimum atomic E-state index is -0.288. The predicted octanol–water partition coefficient (Wildman–Crippen LogP) is 1.78. The Bertz CT molecular complexity index is 569. The molecule has 0 saturated carbocycles. The number of ether oxygens (including phenoxy) is 1. The van der Waals surface area contributed by atoms with Crippen molar-refractivity contribution >= 4 is 17.4 Å². The van der Waals surface area contributed by atoms with Crippen LogP contribution in [0.5, 0.6) is 5.88 Å². The smallest absolute Gasteiger partial charge is 0.274 e. The molecule has 0 spiro atoms. The highest BCUT2D eigenvalue weighted by Gasteiger charge is 2.08. The summed E-state index contributed by atoms with van der Waals surface area (Å²) in [7, 11) is 3.28. The molecule has 1 amide bonds. The van der Waals surface area contributed by atoms with E-state index in [-0.39, 0.29) is 5.91 Å². The maximum atomic E-state index is 12.0. The Morgan fingerprint density at radius 2 is 2.11 bits per heavy atom. The Morgan fingerprint density at radius 3 is 2.74 bits per heavy atom. The molecule has 2 rings (SSSR count). The lowest BCUT2D eigenvalue weighted by atomic mass is 10.3.